The monoisotopic (exact) mass is 455 g/mol. The van der Waals surface area contributed by atoms with Gasteiger partial charge >= 0.3 is 5.69 Å². The van der Waals surface area contributed by atoms with Gasteiger partial charge in [-0.1, -0.05) is 54.1 Å². The Hall–Kier alpha value is -4.23. The predicted molar refractivity (Wildman–Crippen MR) is 130 cm³/mol. The summed E-state index contributed by atoms with van der Waals surface area (Å²) < 4.78 is 2.56. The summed E-state index contributed by atoms with van der Waals surface area (Å²) in [5, 5.41) is 3.69. The van der Waals surface area contributed by atoms with E-state index in [1.165, 1.54) is 4.57 Å². The molecule has 0 amide bonds. The third kappa shape index (κ3) is 3.90. The lowest BCUT2D eigenvalue weighted by Crippen LogP contribution is -2.39. The maximum atomic E-state index is 13.7. The number of aromatic nitrogens is 4. The van der Waals surface area contributed by atoms with Gasteiger partial charge < -0.3 is 5.32 Å². The summed E-state index contributed by atoms with van der Waals surface area (Å²) in [4.78, 5) is 35.8. The number of nitrogens with zero attached hydrogens (tertiary/aromatic N) is 4. The number of hydrogen-bond acceptors (Lipinski definition) is 5. The third-order valence-corrected chi connectivity index (χ3v) is 5.41. The fourth-order valence-corrected chi connectivity index (χ4v) is 3.91. The van der Waals surface area contributed by atoms with Gasteiger partial charge in [0.05, 0.1) is 17.1 Å². The molecule has 162 valence electrons. The Morgan fingerprint density at radius 1 is 0.848 bits per heavy atom. The molecule has 0 unspecified atom stereocenters. The van der Waals surface area contributed by atoms with Gasteiger partial charge in [-0.3, -0.25) is 9.78 Å². The first-order valence-corrected chi connectivity index (χ1v) is 10.6. The summed E-state index contributed by atoms with van der Waals surface area (Å²) in [6.45, 7) is 0.415. The number of halogens is 1. The molecular weight excluding hydrogens is 438 g/mol. The van der Waals surface area contributed by atoms with E-state index in [1.54, 1.807) is 54.9 Å². The smallest absolute Gasteiger partial charge is 0.341 e. The topological polar surface area (TPSA) is 81.8 Å². The van der Waals surface area contributed by atoms with Crippen molar-refractivity contribution in [3.8, 4) is 11.4 Å². The van der Waals surface area contributed by atoms with Crippen LogP contribution in [0.15, 0.2) is 101 Å². The first-order chi connectivity index (χ1) is 16.1. The number of hydrogen-bond donors (Lipinski definition) is 1. The molecule has 0 aliphatic heterocycles. The second kappa shape index (κ2) is 8.72. The van der Waals surface area contributed by atoms with Crippen LogP contribution in [-0.4, -0.2) is 19.1 Å². The van der Waals surface area contributed by atoms with E-state index in [4.69, 9.17) is 11.6 Å². The Labute approximate surface area is 193 Å². The summed E-state index contributed by atoms with van der Waals surface area (Å²) in [6.07, 6.45) is 3.43. The summed E-state index contributed by atoms with van der Waals surface area (Å²) in [6, 6.07) is 23.2. The fourth-order valence-electron chi connectivity index (χ4n) is 3.72. The van der Waals surface area contributed by atoms with Gasteiger partial charge in [-0.25, -0.2) is 18.9 Å². The van der Waals surface area contributed by atoms with Gasteiger partial charge in [0.25, 0.3) is 5.56 Å². The minimum atomic E-state index is -0.530. The second-order valence-corrected chi connectivity index (χ2v) is 7.72. The Morgan fingerprint density at radius 3 is 2.15 bits per heavy atom. The molecule has 0 atom stereocenters. The molecule has 0 radical (unpaired) electrons. The molecule has 8 heteroatoms. The van der Waals surface area contributed by atoms with Gasteiger partial charge in [0, 0.05) is 18.9 Å². The van der Waals surface area contributed by atoms with Crippen molar-refractivity contribution in [3.63, 3.8) is 0 Å². The highest BCUT2D eigenvalue weighted by Crippen LogP contribution is 2.25. The number of rotatable bonds is 5. The van der Waals surface area contributed by atoms with E-state index in [0.29, 0.717) is 23.6 Å². The number of benzene rings is 2. The van der Waals surface area contributed by atoms with Gasteiger partial charge in [-0.2, -0.15) is 0 Å². The predicted octanol–water partition coefficient (Wildman–Crippen LogP) is 4.20. The Morgan fingerprint density at radius 2 is 1.52 bits per heavy atom. The first kappa shape index (κ1) is 20.7. The van der Waals surface area contributed by atoms with Crippen LogP contribution in [-0.2, 0) is 6.54 Å². The number of fused-ring (bicyclic) bond motifs is 1. The van der Waals surface area contributed by atoms with Crippen molar-refractivity contribution < 1.29 is 0 Å². The zero-order valence-electron chi connectivity index (χ0n) is 17.4. The van der Waals surface area contributed by atoms with E-state index in [0.717, 1.165) is 10.1 Å². The fraction of sp³-hybridized carbons (Fsp3) is 0.0400. The number of nitrogens with one attached hydrogen (secondary N) is 1. The molecule has 0 saturated carbocycles. The minimum absolute atomic E-state index is 0.164. The molecule has 33 heavy (non-hydrogen) atoms. The van der Waals surface area contributed by atoms with Crippen molar-refractivity contribution in [2.45, 2.75) is 6.54 Å². The van der Waals surface area contributed by atoms with Gasteiger partial charge in [0.2, 0.25) is 0 Å². The largest absolute Gasteiger partial charge is 0.380 e. The zero-order chi connectivity index (χ0) is 22.8. The maximum Gasteiger partial charge on any atom is 0.341 e. The van der Waals surface area contributed by atoms with Crippen molar-refractivity contribution in [3.05, 3.63) is 123 Å². The molecule has 0 spiro atoms. The van der Waals surface area contributed by atoms with Gasteiger partial charge in [-0.15, -0.1) is 0 Å². The number of anilines is 1. The molecule has 5 rings (SSSR count). The van der Waals surface area contributed by atoms with E-state index in [2.05, 4.69) is 15.3 Å². The third-order valence-electron chi connectivity index (χ3n) is 5.21. The highest BCUT2D eigenvalue weighted by molar-refractivity contribution is 6.30. The van der Waals surface area contributed by atoms with E-state index < -0.39 is 11.2 Å². The van der Waals surface area contributed by atoms with Crippen LogP contribution in [0.1, 0.15) is 5.56 Å². The Balaban J connectivity index is 1.83. The van der Waals surface area contributed by atoms with Crippen molar-refractivity contribution in [1.29, 1.82) is 0 Å². The summed E-state index contributed by atoms with van der Waals surface area (Å²) in [7, 11) is 0. The molecule has 0 bridgehead atoms. The average Bonchev–Trinajstić information content (AvgIpc) is 2.84. The van der Waals surface area contributed by atoms with Crippen molar-refractivity contribution in [1.82, 2.24) is 19.1 Å². The standard InChI is InChI=1S/C25H18ClN5O2/c26-21-14-20(28-16-17-8-7-13-27-15-17)22-23(29-21)30(18-9-3-1-4-10-18)25(33)31(24(22)32)19-11-5-2-6-12-19/h1-15H,16H2,(H,28,29). The highest BCUT2D eigenvalue weighted by atomic mass is 35.5. The zero-order valence-corrected chi connectivity index (χ0v) is 18.1. The van der Waals surface area contributed by atoms with Crippen LogP contribution in [0.3, 0.4) is 0 Å². The Bertz CT molecular complexity index is 1550. The minimum Gasteiger partial charge on any atom is -0.380 e. The van der Waals surface area contributed by atoms with Gasteiger partial charge in [-0.05, 0) is 42.0 Å². The molecule has 3 aromatic heterocycles. The molecule has 0 aliphatic rings. The van der Waals surface area contributed by atoms with Crippen LogP contribution in [0.4, 0.5) is 5.69 Å². The van der Waals surface area contributed by atoms with Crippen LogP contribution in [0.25, 0.3) is 22.4 Å². The molecule has 0 fully saturated rings. The number of para-hydroxylation sites is 2. The van der Waals surface area contributed by atoms with Crippen LogP contribution in [0, 0.1) is 0 Å². The highest BCUT2D eigenvalue weighted by Gasteiger charge is 2.20. The molecule has 7 nitrogen and oxygen atoms in total. The molecule has 3 heterocycles. The average molecular weight is 456 g/mol. The molecular formula is C25H18ClN5O2. The van der Waals surface area contributed by atoms with Gasteiger partial charge in [0.15, 0.2) is 5.65 Å². The second-order valence-electron chi connectivity index (χ2n) is 7.34. The molecule has 5 aromatic rings. The normalized spacial score (nSPS) is 10.9. The van der Waals surface area contributed by atoms with E-state index in [-0.39, 0.29) is 16.2 Å². The van der Waals surface area contributed by atoms with Crippen molar-refractivity contribution in [2.24, 2.45) is 0 Å². The summed E-state index contributed by atoms with van der Waals surface area (Å²) in [5.41, 5.74) is 1.62. The van der Waals surface area contributed by atoms with Crippen LogP contribution in [0.5, 0.6) is 0 Å². The molecule has 1 N–H and O–H groups in total. The molecule has 2 aromatic carbocycles. The first-order valence-electron chi connectivity index (χ1n) is 10.3. The van der Waals surface area contributed by atoms with E-state index in [9.17, 15) is 9.59 Å². The Kier molecular flexibility index (Phi) is 5.46. The summed E-state index contributed by atoms with van der Waals surface area (Å²) >= 11 is 6.34. The van der Waals surface area contributed by atoms with E-state index >= 15 is 0 Å². The number of pyridine rings is 2. The summed E-state index contributed by atoms with van der Waals surface area (Å²) in [5.74, 6) is 0. The lowest BCUT2D eigenvalue weighted by atomic mass is 10.2. The van der Waals surface area contributed by atoms with E-state index in [1.807, 2.05) is 36.4 Å². The molecule has 0 saturated heterocycles. The van der Waals surface area contributed by atoms with Crippen molar-refractivity contribution >= 4 is 28.3 Å². The lowest BCUT2D eigenvalue weighted by molar-refractivity contribution is 0.826. The maximum absolute atomic E-state index is 13.7. The lowest BCUT2D eigenvalue weighted by Gasteiger charge is -2.16. The van der Waals surface area contributed by atoms with Crippen LogP contribution >= 0.6 is 11.6 Å². The molecule has 0 aliphatic carbocycles. The van der Waals surface area contributed by atoms with Crippen LogP contribution < -0.4 is 16.6 Å². The van der Waals surface area contributed by atoms with Gasteiger partial charge in [0.1, 0.15) is 10.5 Å². The van der Waals surface area contributed by atoms with Crippen LogP contribution in [0.2, 0.25) is 5.15 Å². The SMILES string of the molecule is O=c1c2c(NCc3cccnc3)cc(Cl)nc2n(-c2ccccc2)c(=O)n1-c1ccccc1. The quantitative estimate of drug-likeness (QED) is 0.402. The van der Waals surface area contributed by atoms with Crippen molar-refractivity contribution in [2.75, 3.05) is 5.32 Å².